The normalized spacial score (nSPS) is 13.8. The summed E-state index contributed by atoms with van der Waals surface area (Å²) in [6, 6.07) is 0. The van der Waals surface area contributed by atoms with Crippen LogP contribution in [0.3, 0.4) is 0 Å². The molecule has 3 atom stereocenters. The van der Waals surface area contributed by atoms with Crippen molar-refractivity contribution in [1.82, 2.24) is 0 Å². The van der Waals surface area contributed by atoms with E-state index < -0.39 is 57.8 Å². The van der Waals surface area contributed by atoms with Gasteiger partial charge in [-0.3, -0.25) is 23.4 Å². The lowest BCUT2D eigenvalue weighted by molar-refractivity contribution is -0.161. The minimum absolute atomic E-state index is 0.152. The predicted molar refractivity (Wildman–Crippen MR) is 270 cm³/mol. The number of aliphatic hydroxyl groups is 1. The van der Waals surface area contributed by atoms with Gasteiger partial charge in [-0.05, 0) is 83.5 Å². The third-order valence-electron chi connectivity index (χ3n) is 11.2. The van der Waals surface area contributed by atoms with Crippen molar-refractivity contribution in [3.8, 4) is 0 Å². The molecule has 0 fully saturated rings. The van der Waals surface area contributed by atoms with Crippen molar-refractivity contribution < 1.29 is 52.2 Å². The molecule has 0 spiro atoms. The first-order valence-corrected chi connectivity index (χ1v) is 28.0. The Kier molecular flexibility index (Phi) is 47.0. The molecule has 384 valence electrons. The lowest BCUT2D eigenvalue weighted by atomic mass is 10.1. The average molecular weight is 953 g/mol. The molecule has 0 saturated heterocycles. The van der Waals surface area contributed by atoms with Crippen LogP contribution in [0.4, 0.5) is 0 Å². The molecule has 0 aromatic heterocycles. The lowest BCUT2D eigenvalue weighted by Gasteiger charge is -2.21. The molecule has 0 aromatic rings. The van der Waals surface area contributed by atoms with Gasteiger partial charge in [0.25, 0.3) is 0 Å². The zero-order valence-corrected chi connectivity index (χ0v) is 43.1. The van der Waals surface area contributed by atoms with Crippen LogP contribution in [-0.4, -0.2) is 66.5 Å². The highest BCUT2D eigenvalue weighted by atomic mass is 31.2. The SMILES string of the molecule is CCCCC/C=C\C/C=C\CCCCCCCC(=O)OC(CO)COP(=O)(O)OCC(COC(=O)CCCCCCCCCCC)OC(=O)CCCCCCC/C=C\C/C=C\CCCCC. The molecule has 12 heteroatoms. The van der Waals surface area contributed by atoms with E-state index in [4.69, 9.17) is 23.3 Å². The van der Waals surface area contributed by atoms with E-state index in [1.807, 2.05) is 0 Å². The minimum Gasteiger partial charge on any atom is -0.462 e. The number of unbranched alkanes of at least 4 members (excludes halogenated alkanes) is 24. The van der Waals surface area contributed by atoms with Crippen molar-refractivity contribution in [2.45, 2.75) is 251 Å². The number of carbonyl (C=O) groups excluding carboxylic acids is 3. The molecule has 0 bridgehead atoms. The van der Waals surface area contributed by atoms with E-state index in [-0.39, 0.29) is 25.9 Å². The van der Waals surface area contributed by atoms with Gasteiger partial charge in [-0.15, -0.1) is 0 Å². The van der Waals surface area contributed by atoms with E-state index in [9.17, 15) is 28.9 Å². The largest absolute Gasteiger partial charge is 0.472 e. The Hall–Kier alpha value is -2.56. The number of hydrogen-bond acceptors (Lipinski definition) is 10. The summed E-state index contributed by atoms with van der Waals surface area (Å²) in [5, 5.41) is 9.77. The molecule has 11 nitrogen and oxygen atoms in total. The van der Waals surface area contributed by atoms with E-state index in [1.54, 1.807) is 0 Å². The summed E-state index contributed by atoms with van der Waals surface area (Å²) in [7, 11) is -4.74. The van der Waals surface area contributed by atoms with E-state index in [1.165, 1.54) is 70.6 Å². The Morgan fingerprint density at radius 1 is 0.424 bits per heavy atom. The molecule has 0 aromatic carbocycles. The summed E-state index contributed by atoms with van der Waals surface area (Å²) in [4.78, 5) is 48.2. The van der Waals surface area contributed by atoms with Gasteiger partial charge in [0.1, 0.15) is 12.7 Å². The number of esters is 3. The van der Waals surface area contributed by atoms with Gasteiger partial charge in [0, 0.05) is 19.3 Å². The third kappa shape index (κ3) is 46.5. The molecule has 0 saturated carbocycles. The number of phosphoric acid groups is 1. The second kappa shape index (κ2) is 48.9. The lowest BCUT2D eigenvalue weighted by Crippen LogP contribution is -2.30. The quantitative estimate of drug-likeness (QED) is 0.0197. The zero-order valence-electron chi connectivity index (χ0n) is 42.2. The van der Waals surface area contributed by atoms with Crippen molar-refractivity contribution in [3.05, 3.63) is 48.6 Å². The molecule has 0 heterocycles. The molecule has 0 radical (unpaired) electrons. The summed E-state index contributed by atoms with van der Waals surface area (Å²) in [6.45, 7) is 4.54. The van der Waals surface area contributed by atoms with Crippen molar-refractivity contribution in [3.63, 3.8) is 0 Å². The monoisotopic (exact) mass is 953 g/mol. The van der Waals surface area contributed by atoms with Crippen molar-refractivity contribution >= 4 is 25.7 Å². The summed E-state index contributed by atoms with van der Waals surface area (Å²) in [6.07, 6.45) is 49.3. The smallest absolute Gasteiger partial charge is 0.462 e. The highest BCUT2D eigenvalue weighted by Crippen LogP contribution is 2.43. The molecule has 0 aliphatic rings. The van der Waals surface area contributed by atoms with Crippen molar-refractivity contribution in [2.75, 3.05) is 26.4 Å². The van der Waals surface area contributed by atoms with Gasteiger partial charge in [-0.1, -0.05) is 185 Å². The summed E-state index contributed by atoms with van der Waals surface area (Å²) >= 11 is 0. The van der Waals surface area contributed by atoms with Crippen LogP contribution < -0.4 is 0 Å². The van der Waals surface area contributed by atoms with E-state index in [2.05, 4.69) is 69.4 Å². The van der Waals surface area contributed by atoms with Crippen molar-refractivity contribution in [2.24, 2.45) is 0 Å². The van der Waals surface area contributed by atoms with Gasteiger partial charge in [0.15, 0.2) is 6.10 Å². The maximum atomic E-state index is 12.8. The number of phosphoric ester groups is 1. The zero-order chi connectivity index (χ0) is 48.4. The molecular formula is C54H97O11P. The van der Waals surface area contributed by atoms with Crippen LogP contribution in [0, 0.1) is 0 Å². The molecular weight excluding hydrogens is 856 g/mol. The fourth-order valence-electron chi connectivity index (χ4n) is 7.12. The van der Waals surface area contributed by atoms with Crippen LogP contribution in [0.15, 0.2) is 48.6 Å². The maximum absolute atomic E-state index is 12.8. The number of hydrogen-bond donors (Lipinski definition) is 2. The van der Waals surface area contributed by atoms with Crippen LogP contribution in [0.2, 0.25) is 0 Å². The predicted octanol–water partition coefficient (Wildman–Crippen LogP) is 15.0. The highest BCUT2D eigenvalue weighted by Gasteiger charge is 2.28. The molecule has 0 aliphatic carbocycles. The minimum atomic E-state index is -4.74. The number of carbonyl (C=O) groups is 3. The van der Waals surface area contributed by atoms with Gasteiger partial charge in [0.05, 0.1) is 19.8 Å². The Balaban J connectivity index is 4.70. The van der Waals surface area contributed by atoms with E-state index >= 15 is 0 Å². The second-order valence-electron chi connectivity index (χ2n) is 17.7. The van der Waals surface area contributed by atoms with Gasteiger partial charge in [-0.2, -0.15) is 0 Å². The van der Waals surface area contributed by atoms with Crippen LogP contribution in [0.1, 0.15) is 239 Å². The molecule has 66 heavy (non-hydrogen) atoms. The standard InChI is InChI=1S/C54H97O11P/c1-4-7-10-13-16-19-21-23-25-27-29-32-35-38-41-44-53(57)64-50(46-55)48-62-66(59,60)63-49-51(47-61-52(56)43-40-37-34-31-18-15-12-9-6-3)65-54(58)45-42-39-36-33-30-28-26-24-22-20-17-14-11-8-5-2/h16-17,19-20,23-26,50-51,55H,4-15,18,21-22,27-49H2,1-3H3,(H,59,60)/b19-16-,20-17-,25-23-,26-24-. The topological polar surface area (TPSA) is 155 Å². The first-order chi connectivity index (χ1) is 32.2. The Morgan fingerprint density at radius 2 is 0.742 bits per heavy atom. The number of rotatable bonds is 49. The molecule has 3 unspecified atom stereocenters. The maximum Gasteiger partial charge on any atom is 0.472 e. The van der Waals surface area contributed by atoms with Gasteiger partial charge in [0.2, 0.25) is 0 Å². The average Bonchev–Trinajstić information content (AvgIpc) is 3.30. The first kappa shape index (κ1) is 63.4. The fraction of sp³-hybridized carbons (Fsp3) is 0.796. The van der Waals surface area contributed by atoms with E-state index in [0.29, 0.717) is 19.3 Å². The fourth-order valence-corrected chi connectivity index (χ4v) is 7.91. The summed E-state index contributed by atoms with van der Waals surface area (Å²) < 4.78 is 39.3. The van der Waals surface area contributed by atoms with Crippen LogP contribution in [0.5, 0.6) is 0 Å². The van der Waals surface area contributed by atoms with E-state index in [0.717, 1.165) is 109 Å². The Morgan fingerprint density at radius 3 is 1.15 bits per heavy atom. The number of aliphatic hydroxyl groups excluding tert-OH is 1. The molecule has 0 aliphatic heterocycles. The van der Waals surface area contributed by atoms with Gasteiger partial charge < -0.3 is 24.2 Å². The van der Waals surface area contributed by atoms with Crippen molar-refractivity contribution in [1.29, 1.82) is 0 Å². The molecule has 2 N–H and O–H groups in total. The second-order valence-corrected chi connectivity index (χ2v) is 19.1. The number of ether oxygens (including phenoxy) is 3. The van der Waals surface area contributed by atoms with Crippen LogP contribution in [0.25, 0.3) is 0 Å². The molecule has 0 rings (SSSR count). The summed E-state index contributed by atoms with van der Waals surface area (Å²) in [5.41, 5.74) is 0. The third-order valence-corrected chi connectivity index (χ3v) is 12.2. The van der Waals surface area contributed by atoms with Gasteiger partial charge >= 0.3 is 25.7 Å². The Bertz CT molecular complexity index is 1300. The Labute approximate surface area is 403 Å². The molecule has 0 amide bonds. The van der Waals surface area contributed by atoms with Gasteiger partial charge in [-0.25, -0.2) is 4.57 Å². The first-order valence-electron chi connectivity index (χ1n) is 26.5. The van der Waals surface area contributed by atoms with Crippen LogP contribution in [-0.2, 0) is 42.2 Å². The van der Waals surface area contributed by atoms with Crippen LogP contribution >= 0.6 is 7.82 Å². The number of allylic oxidation sites excluding steroid dienone is 8. The summed E-state index contributed by atoms with van der Waals surface area (Å²) in [5.74, 6) is -1.49. The highest BCUT2D eigenvalue weighted by molar-refractivity contribution is 7.47.